The van der Waals surface area contributed by atoms with E-state index >= 15 is 0 Å². The lowest BCUT2D eigenvalue weighted by molar-refractivity contribution is -0.141. The van der Waals surface area contributed by atoms with Crippen molar-refractivity contribution in [2.45, 2.75) is 32.9 Å². The molecule has 1 unspecified atom stereocenters. The molecule has 0 aliphatic heterocycles. The van der Waals surface area contributed by atoms with Crippen molar-refractivity contribution in [3.05, 3.63) is 0 Å². The third-order valence-corrected chi connectivity index (χ3v) is 2.19. The molecule has 0 aliphatic rings. The van der Waals surface area contributed by atoms with E-state index in [2.05, 4.69) is 10.6 Å². The summed E-state index contributed by atoms with van der Waals surface area (Å²) in [5, 5.41) is 13.1. The fourth-order valence-electron chi connectivity index (χ4n) is 0.942. The number of aliphatic carboxylic acids is 1. The van der Waals surface area contributed by atoms with Crippen molar-refractivity contribution < 1.29 is 19.5 Å². The number of carboxylic acid groups (broad SMARTS) is 1. The second kappa shape index (κ2) is 6.85. The highest BCUT2D eigenvalue weighted by Crippen LogP contribution is 1.97. The van der Waals surface area contributed by atoms with Crippen LogP contribution in [0.5, 0.6) is 0 Å². The molecule has 0 heterocycles. The van der Waals surface area contributed by atoms with Gasteiger partial charge in [0.25, 0.3) is 0 Å². The van der Waals surface area contributed by atoms with Crippen LogP contribution >= 0.6 is 0 Å². The molecule has 5 N–H and O–H groups in total. The predicted octanol–water partition coefficient (Wildman–Crippen LogP) is -1.32. The Labute approximate surface area is 99.7 Å². The van der Waals surface area contributed by atoms with Crippen LogP contribution in [0.3, 0.4) is 0 Å². The third-order valence-electron chi connectivity index (χ3n) is 2.19. The minimum absolute atomic E-state index is 0.0315. The van der Waals surface area contributed by atoms with Crippen LogP contribution in [0.2, 0.25) is 0 Å². The van der Waals surface area contributed by atoms with Gasteiger partial charge in [-0.3, -0.25) is 14.4 Å². The van der Waals surface area contributed by atoms with Gasteiger partial charge in [0.05, 0.1) is 12.6 Å². The number of hydrogen-bond donors (Lipinski definition) is 4. The van der Waals surface area contributed by atoms with Gasteiger partial charge in [0, 0.05) is 0 Å². The van der Waals surface area contributed by atoms with Gasteiger partial charge in [-0.15, -0.1) is 0 Å². The molecule has 2 atom stereocenters. The maximum absolute atomic E-state index is 11.4. The van der Waals surface area contributed by atoms with Crippen LogP contribution in [0.1, 0.15) is 20.8 Å². The molecule has 17 heavy (non-hydrogen) atoms. The number of carbonyl (C=O) groups is 3. The first-order valence-corrected chi connectivity index (χ1v) is 5.31. The van der Waals surface area contributed by atoms with Gasteiger partial charge in [0.2, 0.25) is 11.8 Å². The zero-order valence-electron chi connectivity index (χ0n) is 10.2. The monoisotopic (exact) mass is 245 g/mol. The predicted molar refractivity (Wildman–Crippen MR) is 61.1 cm³/mol. The topological polar surface area (TPSA) is 122 Å². The molecule has 0 radical (unpaired) electrons. The first kappa shape index (κ1) is 15.4. The lowest BCUT2D eigenvalue weighted by atomic mass is 10.1. The Morgan fingerprint density at radius 1 is 1.24 bits per heavy atom. The molecule has 7 nitrogen and oxygen atoms in total. The van der Waals surface area contributed by atoms with E-state index in [1.54, 1.807) is 13.8 Å². The fourth-order valence-corrected chi connectivity index (χ4v) is 0.942. The number of carbonyl (C=O) groups excluding carboxylic acids is 2. The summed E-state index contributed by atoms with van der Waals surface area (Å²) in [6.45, 7) is 4.63. The Bertz CT molecular complexity index is 304. The van der Waals surface area contributed by atoms with Crippen molar-refractivity contribution in [2.75, 3.05) is 6.54 Å². The molecular weight excluding hydrogens is 226 g/mol. The molecule has 0 bridgehead atoms. The summed E-state index contributed by atoms with van der Waals surface area (Å²) >= 11 is 0. The highest BCUT2D eigenvalue weighted by Gasteiger charge is 2.19. The lowest BCUT2D eigenvalue weighted by Crippen LogP contribution is -2.49. The minimum Gasteiger partial charge on any atom is -0.480 e. The highest BCUT2D eigenvalue weighted by atomic mass is 16.4. The molecule has 0 aromatic rings. The quantitative estimate of drug-likeness (QED) is 0.462. The van der Waals surface area contributed by atoms with Gasteiger partial charge in [-0.05, 0) is 12.8 Å². The summed E-state index contributed by atoms with van der Waals surface area (Å²) in [5.74, 6) is -2.16. The van der Waals surface area contributed by atoms with E-state index in [1.807, 2.05) is 0 Å². The van der Waals surface area contributed by atoms with Gasteiger partial charge in [0.15, 0.2) is 0 Å². The fraction of sp³-hybridized carbons (Fsp3) is 0.700. The summed E-state index contributed by atoms with van der Waals surface area (Å²) in [6.07, 6.45) is 0. The van der Waals surface area contributed by atoms with Crippen LogP contribution in [0.15, 0.2) is 0 Å². The molecule has 2 amide bonds. The van der Waals surface area contributed by atoms with Crippen molar-refractivity contribution in [1.29, 1.82) is 0 Å². The molecular formula is C10H19N3O4. The Morgan fingerprint density at radius 3 is 2.18 bits per heavy atom. The summed E-state index contributed by atoms with van der Waals surface area (Å²) in [5.41, 5.74) is 5.56. The van der Waals surface area contributed by atoms with Crippen molar-refractivity contribution in [1.82, 2.24) is 10.6 Å². The van der Waals surface area contributed by atoms with Crippen molar-refractivity contribution in [3.63, 3.8) is 0 Å². The average molecular weight is 245 g/mol. The maximum Gasteiger partial charge on any atom is 0.325 e. The SMILES string of the molecule is CC(NC(=O)CNC(=O)[C@@H](N)C(C)C)C(=O)O. The first-order chi connectivity index (χ1) is 7.75. The molecule has 7 heteroatoms. The van der Waals surface area contributed by atoms with Crippen LogP contribution < -0.4 is 16.4 Å². The van der Waals surface area contributed by atoms with Crippen molar-refractivity contribution in [2.24, 2.45) is 11.7 Å². The van der Waals surface area contributed by atoms with Crippen LogP contribution in [0.25, 0.3) is 0 Å². The molecule has 0 aromatic heterocycles. The summed E-state index contributed by atoms with van der Waals surface area (Å²) in [6, 6.07) is -1.67. The van der Waals surface area contributed by atoms with E-state index in [0.717, 1.165) is 0 Å². The van der Waals surface area contributed by atoms with E-state index in [4.69, 9.17) is 10.8 Å². The summed E-state index contributed by atoms with van der Waals surface area (Å²) in [4.78, 5) is 33.0. The Morgan fingerprint density at radius 2 is 1.76 bits per heavy atom. The van der Waals surface area contributed by atoms with Crippen LogP contribution in [0, 0.1) is 5.92 Å². The third kappa shape index (κ3) is 5.86. The summed E-state index contributed by atoms with van der Waals surface area (Å²) in [7, 11) is 0. The van der Waals surface area contributed by atoms with E-state index in [-0.39, 0.29) is 12.5 Å². The van der Waals surface area contributed by atoms with Gasteiger partial charge in [-0.2, -0.15) is 0 Å². The average Bonchev–Trinajstić information content (AvgIpc) is 2.24. The van der Waals surface area contributed by atoms with Crippen LogP contribution in [0.4, 0.5) is 0 Å². The zero-order valence-corrected chi connectivity index (χ0v) is 10.2. The van der Waals surface area contributed by atoms with E-state index < -0.39 is 29.9 Å². The standard InChI is InChI=1S/C10H19N3O4/c1-5(2)8(11)9(15)12-4-7(14)13-6(3)10(16)17/h5-6,8H,4,11H2,1-3H3,(H,12,15)(H,13,14)(H,16,17)/t6?,8-/m0/s1. The van der Waals surface area contributed by atoms with Crippen LogP contribution in [-0.4, -0.2) is 41.5 Å². The Hall–Kier alpha value is -1.63. The van der Waals surface area contributed by atoms with Gasteiger partial charge >= 0.3 is 5.97 Å². The molecule has 0 fully saturated rings. The molecule has 0 rings (SSSR count). The van der Waals surface area contributed by atoms with Crippen molar-refractivity contribution in [3.8, 4) is 0 Å². The lowest BCUT2D eigenvalue weighted by Gasteiger charge is -2.15. The maximum atomic E-state index is 11.4. The Kier molecular flexibility index (Phi) is 6.19. The van der Waals surface area contributed by atoms with Gasteiger partial charge in [-0.25, -0.2) is 0 Å². The van der Waals surface area contributed by atoms with Crippen molar-refractivity contribution >= 4 is 17.8 Å². The largest absolute Gasteiger partial charge is 0.480 e. The minimum atomic E-state index is -1.14. The molecule has 0 saturated heterocycles. The number of amides is 2. The van der Waals surface area contributed by atoms with Gasteiger partial charge in [0.1, 0.15) is 6.04 Å². The van der Waals surface area contributed by atoms with Gasteiger partial charge < -0.3 is 21.5 Å². The van der Waals surface area contributed by atoms with Crippen LogP contribution in [-0.2, 0) is 14.4 Å². The number of nitrogens with two attached hydrogens (primary N) is 1. The smallest absolute Gasteiger partial charge is 0.325 e. The zero-order chi connectivity index (χ0) is 13.6. The summed E-state index contributed by atoms with van der Waals surface area (Å²) < 4.78 is 0. The first-order valence-electron chi connectivity index (χ1n) is 5.31. The van der Waals surface area contributed by atoms with Gasteiger partial charge in [-0.1, -0.05) is 13.8 Å². The van der Waals surface area contributed by atoms with E-state index in [9.17, 15) is 14.4 Å². The molecule has 0 aromatic carbocycles. The Balaban J connectivity index is 4.00. The normalized spacial score (nSPS) is 13.9. The number of carboxylic acids is 1. The highest BCUT2D eigenvalue weighted by molar-refractivity contribution is 5.89. The second-order valence-electron chi connectivity index (χ2n) is 4.12. The van der Waals surface area contributed by atoms with E-state index in [0.29, 0.717) is 0 Å². The molecule has 98 valence electrons. The second-order valence-corrected chi connectivity index (χ2v) is 4.12. The molecule has 0 saturated carbocycles. The molecule has 0 spiro atoms. The number of hydrogen-bond acceptors (Lipinski definition) is 4. The number of rotatable bonds is 6. The number of nitrogens with one attached hydrogen (secondary N) is 2. The van der Waals surface area contributed by atoms with E-state index in [1.165, 1.54) is 6.92 Å². The molecule has 0 aliphatic carbocycles.